The monoisotopic (exact) mass is 450 g/mol. The molecule has 1 amide bonds. The molecule has 1 aliphatic carbocycles. The third kappa shape index (κ3) is 4.00. The highest BCUT2D eigenvalue weighted by Crippen LogP contribution is 2.38. The van der Waals surface area contributed by atoms with Gasteiger partial charge >= 0.3 is 0 Å². The number of hydrogen-bond acceptors (Lipinski definition) is 3. The topological polar surface area (TPSA) is 41.5 Å². The Morgan fingerprint density at radius 3 is 2.58 bits per heavy atom. The third-order valence-electron chi connectivity index (χ3n) is 6.96. The average molecular weight is 451 g/mol. The molecule has 0 spiro atoms. The molecule has 3 nitrogen and oxygen atoms in total. The van der Waals surface area contributed by atoms with Gasteiger partial charge in [0.25, 0.3) is 5.91 Å². The maximum absolute atomic E-state index is 13.2. The number of aliphatic imine (C=N–C) groups is 1. The molecule has 6 rings (SSSR count). The number of thiophene rings is 1. The van der Waals surface area contributed by atoms with E-state index >= 15 is 0 Å². The van der Waals surface area contributed by atoms with E-state index < -0.39 is 0 Å². The van der Waals surface area contributed by atoms with Gasteiger partial charge in [0, 0.05) is 27.0 Å². The van der Waals surface area contributed by atoms with Gasteiger partial charge in [-0.05, 0) is 82.8 Å². The van der Waals surface area contributed by atoms with Crippen molar-refractivity contribution in [2.75, 3.05) is 5.32 Å². The first-order valence-corrected chi connectivity index (χ1v) is 12.6. The molecule has 1 N–H and O–H groups in total. The second-order valence-corrected chi connectivity index (χ2v) is 10.2. The SMILES string of the molecule is O=C(Nc1ccc(C2CCCCC2)cc1)c1cc2c(c(-c3cc4ccccc4s3)c1)CN=C2. The van der Waals surface area contributed by atoms with Crippen LogP contribution in [0.1, 0.15) is 65.1 Å². The van der Waals surface area contributed by atoms with Crippen molar-refractivity contribution in [2.45, 2.75) is 44.6 Å². The van der Waals surface area contributed by atoms with Gasteiger partial charge in [0.2, 0.25) is 0 Å². The first-order valence-electron chi connectivity index (χ1n) is 11.8. The second-order valence-electron chi connectivity index (χ2n) is 9.12. The van der Waals surface area contributed by atoms with Crippen molar-refractivity contribution in [3.8, 4) is 10.4 Å². The van der Waals surface area contributed by atoms with Crippen molar-refractivity contribution in [3.05, 3.63) is 89.0 Å². The predicted molar refractivity (Wildman–Crippen MR) is 139 cm³/mol. The summed E-state index contributed by atoms with van der Waals surface area (Å²) in [5.74, 6) is 0.592. The zero-order valence-corrected chi connectivity index (χ0v) is 19.3. The van der Waals surface area contributed by atoms with Crippen LogP contribution in [0.15, 0.2) is 71.7 Å². The van der Waals surface area contributed by atoms with Crippen molar-refractivity contribution in [1.82, 2.24) is 0 Å². The van der Waals surface area contributed by atoms with Crippen LogP contribution in [0.25, 0.3) is 20.5 Å². The zero-order chi connectivity index (χ0) is 22.2. The Balaban J connectivity index is 1.28. The minimum Gasteiger partial charge on any atom is -0.322 e. The normalized spacial score (nSPS) is 15.6. The number of amides is 1. The maximum Gasteiger partial charge on any atom is 0.255 e. The largest absolute Gasteiger partial charge is 0.322 e. The van der Waals surface area contributed by atoms with Crippen LogP contribution >= 0.6 is 11.3 Å². The lowest BCUT2D eigenvalue weighted by Crippen LogP contribution is -2.13. The van der Waals surface area contributed by atoms with E-state index in [9.17, 15) is 4.79 Å². The molecule has 2 heterocycles. The molecule has 1 aromatic heterocycles. The van der Waals surface area contributed by atoms with Gasteiger partial charge in [-0.25, -0.2) is 0 Å². The quantitative estimate of drug-likeness (QED) is 0.338. The van der Waals surface area contributed by atoms with Crippen LogP contribution in [0.3, 0.4) is 0 Å². The van der Waals surface area contributed by atoms with E-state index in [4.69, 9.17) is 0 Å². The Hall–Kier alpha value is -3.24. The smallest absolute Gasteiger partial charge is 0.255 e. The molecular weight excluding hydrogens is 424 g/mol. The van der Waals surface area contributed by atoms with Crippen molar-refractivity contribution in [3.63, 3.8) is 0 Å². The molecular formula is C29H26N2OS. The molecule has 2 aliphatic rings. The summed E-state index contributed by atoms with van der Waals surface area (Å²) in [6.07, 6.45) is 8.47. The Kier molecular flexibility index (Phi) is 5.31. The molecule has 4 heteroatoms. The Labute approximate surface area is 198 Å². The van der Waals surface area contributed by atoms with Gasteiger partial charge in [0.05, 0.1) is 6.54 Å². The van der Waals surface area contributed by atoms with Gasteiger partial charge in [0.1, 0.15) is 0 Å². The first-order chi connectivity index (χ1) is 16.2. The van der Waals surface area contributed by atoms with Crippen LogP contribution in [0.4, 0.5) is 5.69 Å². The van der Waals surface area contributed by atoms with Gasteiger partial charge < -0.3 is 5.32 Å². The van der Waals surface area contributed by atoms with E-state index in [2.05, 4.69) is 52.8 Å². The van der Waals surface area contributed by atoms with E-state index in [0.717, 1.165) is 16.8 Å². The van der Waals surface area contributed by atoms with Crippen LogP contribution in [0.2, 0.25) is 0 Å². The summed E-state index contributed by atoms with van der Waals surface area (Å²) >= 11 is 1.77. The fourth-order valence-electron chi connectivity index (χ4n) is 5.16. The zero-order valence-electron chi connectivity index (χ0n) is 18.5. The summed E-state index contributed by atoms with van der Waals surface area (Å²) in [4.78, 5) is 18.9. The number of fused-ring (bicyclic) bond motifs is 2. The molecule has 0 atom stereocenters. The highest BCUT2D eigenvalue weighted by atomic mass is 32.1. The molecule has 0 bridgehead atoms. The number of hydrogen-bond donors (Lipinski definition) is 1. The highest BCUT2D eigenvalue weighted by Gasteiger charge is 2.20. The number of rotatable bonds is 4. The lowest BCUT2D eigenvalue weighted by Gasteiger charge is -2.22. The van der Waals surface area contributed by atoms with Crippen LogP contribution < -0.4 is 5.32 Å². The van der Waals surface area contributed by atoms with Gasteiger partial charge in [-0.15, -0.1) is 11.3 Å². The molecule has 1 fully saturated rings. The summed E-state index contributed by atoms with van der Waals surface area (Å²) < 4.78 is 1.26. The van der Waals surface area contributed by atoms with Gasteiger partial charge in [-0.2, -0.15) is 0 Å². The second kappa shape index (κ2) is 8.60. The van der Waals surface area contributed by atoms with E-state index in [1.807, 2.05) is 30.5 Å². The van der Waals surface area contributed by atoms with E-state index in [1.54, 1.807) is 11.3 Å². The third-order valence-corrected chi connectivity index (χ3v) is 8.11. The maximum atomic E-state index is 13.2. The minimum atomic E-state index is -0.0779. The molecule has 4 aromatic rings. The van der Waals surface area contributed by atoms with E-state index in [0.29, 0.717) is 18.0 Å². The number of benzene rings is 3. The van der Waals surface area contributed by atoms with Gasteiger partial charge in [-0.1, -0.05) is 49.6 Å². The molecule has 1 aliphatic heterocycles. The number of anilines is 1. The molecule has 0 unspecified atom stereocenters. The fraction of sp³-hybridized carbons (Fsp3) is 0.241. The van der Waals surface area contributed by atoms with Crippen molar-refractivity contribution >= 4 is 39.2 Å². The minimum absolute atomic E-state index is 0.0779. The molecule has 33 heavy (non-hydrogen) atoms. The number of carbonyl (C=O) groups excluding carboxylic acids is 1. The summed E-state index contributed by atoms with van der Waals surface area (Å²) in [5, 5.41) is 4.34. The molecule has 3 aromatic carbocycles. The molecule has 0 radical (unpaired) electrons. The number of carbonyl (C=O) groups is 1. The van der Waals surface area contributed by atoms with Crippen molar-refractivity contribution in [1.29, 1.82) is 0 Å². The number of nitrogens with zero attached hydrogens (tertiary/aromatic N) is 1. The molecule has 164 valence electrons. The molecule has 1 saturated carbocycles. The fourth-order valence-corrected chi connectivity index (χ4v) is 6.27. The Bertz CT molecular complexity index is 1330. The summed E-state index contributed by atoms with van der Waals surface area (Å²) in [5.41, 5.74) is 6.28. The summed E-state index contributed by atoms with van der Waals surface area (Å²) in [6.45, 7) is 0.670. The first kappa shape index (κ1) is 20.4. The predicted octanol–water partition coefficient (Wildman–Crippen LogP) is 7.80. The van der Waals surface area contributed by atoms with E-state index in [1.165, 1.54) is 58.2 Å². The van der Waals surface area contributed by atoms with Crippen LogP contribution in [0, 0.1) is 0 Å². The number of nitrogens with one attached hydrogen (secondary N) is 1. The van der Waals surface area contributed by atoms with Crippen molar-refractivity contribution in [2.24, 2.45) is 4.99 Å². The lowest BCUT2D eigenvalue weighted by atomic mass is 9.84. The van der Waals surface area contributed by atoms with Crippen LogP contribution in [0.5, 0.6) is 0 Å². The summed E-state index contributed by atoms with van der Waals surface area (Å²) in [6, 6.07) is 23.1. The Morgan fingerprint density at radius 1 is 0.939 bits per heavy atom. The standard InChI is InChI=1S/C29H26N2OS/c32-29(31-24-12-10-20(11-13-24)19-6-2-1-3-7-19)22-14-23-17-30-18-26(23)25(15-22)28-16-21-8-4-5-9-27(21)33-28/h4-5,8-17,19H,1-3,6-7,18H2,(H,31,32). The van der Waals surface area contributed by atoms with Crippen LogP contribution in [-0.4, -0.2) is 12.1 Å². The van der Waals surface area contributed by atoms with Gasteiger partial charge in [-0.3, -0.25) is 9.79 Å². The van der Waals surface area contributed by atoms with E-state index in [-0.39, 0.29) is 5.91 Å². The van der Waals surface area contributed by atoms with Crippen molar-refractivity contribution < 1.29 is 4.79 Å². The Morgan fingerprint density at radius 2 is 1.76 bits per heavy atom. The average Bonchev–Trinajstić information content (AvgIpc) is 3.51. The van der Waals surface area contributed by atoms with Crippen LogP contribution in [-0.2, 0) is 6.54 Å². The highest BCUT2D eigenvalue weighted by molar-refractivity contribution is 7.22. The van der Waals surface area contributed by atoms with Gasteiger partial charge in [0.15, 0.2) is 0 Å². The summed E-state index contributed by atoms with van der Waals surface area (Å²) in [7, 11) is 0. The molecule has 0 saturated heterocycles. The lowest BCUT2D eigenvalue weighted by molar-refractivity contribution is 0.102.